The van der Waals surface area contributed by atoms with E-state index in [4.69, 9.17) is 4.74 Å². The van der Waals surface area contributed by atoms with Gasteiger partial charge in [-0.05, 0) is 48.6 Å². The molecule has 0 unspecified atom stereocenters. The van der Waals surface area contributed by atoms with E-state index >= 15 is 0 Å². The molecule has 7 nitrogen and oxygen atoms in total. The number of rotatable bonds is 7. The number of nitrogens with one attached hydrogen (secondary N) is 1. The van der Waals surface area contributed by atoms with E-state index in [9.17, 15) is 14.7 Å². The normalized spacial score (nSPS) is 17.2. The van der Waals surface area contributed by atoms with Gasteiger partial charge in [-0.3, -0.25) is 9.36 Å². The number of methoxy groups -OCH3 is 1. The van der Waals surface area contributed by atoms with Crippen LogP contribution in [0, 0.1) is 6.92 Å². The minimum atomic E-state index is -1.00. The molecule has 1 aromatic heterocycles. The van der Waals surface area contributed by atoms with Crippen LogP contribution in [0.4, 0.5) is 5.82 Å². The van der Waals surface area contributed by atoms with Crippen molar-refractivity contribution in [2.75, 3.05) is 12.4 Å². The number of nitrogens with zero attached hydrogens (tertiary/aromatic N) is 2. The topological polar surface area (TPSA) is 93.5 Å². The van der Waals surface area contributed by atoms with Gasteiger partial charge in [0.15, 0.2) is 5.82 Å². The molecule has 0 fully saturated rings. The number of carbonyl (C=O) groups is 1. The number of ether oxygens (including phenoxy) is 1. The molecule has 3 aromatic rings. The fraction of sp³-hybridized carbons (Fsp3) is 0.292. The number of anilines is 1. The molecule has 2 N–H and O–H groups in total. The number of carboxylic acid groups (broad SMARTS) is 1. The van der Waals surface area contributed by atoms with Gasteiger partial charge < -0.3 is 15.2 Å². The molecule has 0 saturated heterocycles. The van der Waals surface area contributed by atoms with Gasteiger partial charge in [0.1, 0.15) is 11.8 Å². The van der Waals surface area contributed by atoms with Crippen molar-refractivity contribution >= 4 is 11.8 Å². The molecule has 1 aliphatic rings. The van der Waals surface area contributed by atoms with Gasteiger partial charge in [-0.25, -0.2) is 9.78 Å². The predicted octanol–water partition coefficient (Wildman–Crippen LogP) is 3.53. The molecular formula is C24H25N3O4. The predicted molar refractivity (Wildman–Crippen MR) is 118 cm³/mol. The zero-order valence-electron chi connectivity index (χ0n) is 17.5. The first-order valence-electron chi connectivity index (χ1n) is 10.2. The largest absolute Gasteiger partial charge is 0.497 e. The number of aromatic nitrogens is 2. The summed E-state index contributed by atoms with van der Waals surface area (Å²) in [5.74, 6) is -0.181. The monoisotopic (exact) mass is 419 g/mol. The molecule has 2 heterocycles. The van der Waals surface area contributed by atoms with Gasteiger partial charge in [-0.15, -0.1) is 0 Å². The third-order valence-electron chi connectivity index (χ3n) is 5.68. The van der Waals surface area contributed by atoms with E-state index in [0.29, 0.717) is 25.1 Å². The first kappa shape index (κ1) is 20.7. The lowest BCUT2D eigenvalue weighted by molar-refractivity contribution is -0.140. The third-order valence-corrected chi connectivity index (χ3v) is 5.68. The van der Waals surface area contributed by atoms with Crippen molar-refractivity contribution in [1.29, 1.82) is 0 Å². The first-order chi connectivity index (χ1) is 15.0. The van der Waals surface area contributed by atoms with Crippen molar-refractivity contribution < 1.29 is 14.6 Å². The van der Waals surface area contributed by atoms with E-state index in [1.807, 2.05) is 55.5 Å². The third kappa shape index (κ3) is 4.30. The van der Waals surface area contributed by atoms with Crippen LogP contribution < -0.4 is 15.6 Å². The van der Waals surface area contributed by atoms with Crippen LogP contribution in [0.5, 0.6) is 5.75 Å². The average Bonchev–Trinajstić information content (AvgIpc) is 3.13. The molecule has 160 valence electrons. The zero-order chi connectivity index (χ0) is 22.0. The van der Waals surface area contributed by atoms with E-state index in [1.165, 1.54) is 4.57 Å². The summed E-state index contributed by atoms with van der Waals surface area (Å²) < 4.78 is 6.69. The second-order valence-corrected chi connectivity index (χ2v) is 7.90. The molecule has 2 atom stereocenters. The zero-order valence-corrected chi connectivity index (χ0v) is 17.5. The lowest BCUT2D eigenvalue weighted by atomic mass is 9.94. The van der Waals surface area contributed by atoms with E-state index in [-0.39, 0.29) is 11.7 Å². The summed E-state index contributed by atoms with van der Waals surface area (Å²) in [6.45, 7) is 2.35. The SMILES string of the molecule is COc1cc(C)cc(CNc2ncc3n(c2=O)[C@H](C(=O)O)C[C@@H]3Cc2ccccc2)c1. The number of aryl methyl sites for hydroxylation is 1. The van der Waals surface area contributed by atoms with E-state index < -0.39 is 17.6 Å². The highest BCUT2D eigenvalue weighted by Gasteiger charge is 2.37. The fourth-order valence-corrected chi connectivity index (χ4v) is 4.25. The summed E-state index contributed by atoms with van der Waals surface area (Å²) in [5, 5.41) is 12.8. The summed E-state index contributed by atoms with van der Waals surface area (Å²) in [5.41, 5.74) is 3.36. The van der Waals surface area contributed by atoms with Gasteiger partial charge in [0, 0.05) is 24.4 Å². The van der Waals surface area contributed by atoms with E-state index in [1.54, 1.807) is 13.3 Å². The fourth-order valence-electron chi connectivity index (χ4n) is 4.25. The van der Waals surface area contributed by atoms with Gasteiger partial charge >= 0.3 is 5.97 Å². The number of hydrogen-bond donors (Lipinski definition) is 2. The van der Waals surface area contributed by atoms with Gasteiger partial charge in [0.05, 0.1) is 7.11 Å². The van der Waals surface area contributed by atoms with Crippen molar-refractivity contribution in [1.82, 2.24) is 9.55 Å². The van der Waals surface area contributed by atoms with Crippen LogP contribution in [0.2, 0.25) is 0 Å². The minimum absolute atomic E-state index is 0.0706. The molecule has 0 saturated carbocycles. The summed E-state index contributed by atoms with van der Waals surface area (Å²) >= 11 is 0. The maximum atomic E-state index is 13.1. The molecule has 4 rings (SSSR count). The van der Waals surface area contributed by atoms with Crippen LogP contribution in [-0.2, 0) is 17.8 Å². The number of fused-ring (bicyclic) bond motifs is 1. The maximum absolute atomic E-state index is 13.1. The second-order valence-electron chi connectivity index (χ2n) is 7.90. The van der Waals surface area contributed by atoms with Crippen LogP contribution in [0.25, 0.3) is 0 Å². The Labute approximate surface area is 180 Å². The van der Waals surface area contributed by atoms with Gasteiger partial charge in [0.25, 0.3) is 5.56 Å². The molecule has 0 amide bonds. The smallest absolute Gasteiger partial charge is 0.326 e. The number of aliphatic carboxylic acids is 1. The van der Waals surface area contributed by atoms with Gasteiger partial charge in [-0.1, -0.05) is 36.4 Å². The highest BCUT2D eigenvalue weighted by molar-refractivity contribution is 5.73. The van der Waals surface area contributed by atoms with E-state index in [2.05, 4.69) is 10.3 Å². The molecular weight excluding hydrogens is 394 g/mol. The Morgan fingerprint density at radius 1 is 1.23 bits per heavy atom. The van der Waals surface area contributed by atoms with Crippen LogP contribution in [0.15, 0.2) is 59.5 Å². The molecule has 0 aliphatic carbocycles. The number of hydrogen-bond acceptors (Lipinski definition) is 5. The molecule has 7 heteroatoms. The Balaban J connectivity index is 1.61. The Morgan fingerprint density at radius 3 is 2.71 bits per heavy atom. The van der Waals surface area contributed by atoms with Gasteiger partial charge in [0.2, 0.25) is 0 Å². The van der Waals surface area contributed by atoms with Crippen molar-refractivity contribution in [3.05, 3.63) is 87.5 Å². The molecule has 2 aromatic carbocycles. The minimum Gasteiger partial charge on any atom is -0.497 e. The highest BCUT2D eigenvalue weighted by atomic mass is 16.5. The summed E-state index contributed by atoms with van der Waals surface area (Å²) in [4.78, 5) is 29.4. The molecule has 0 radical (unpaired) electrons. The molecule has 31 heavy (non-hydrogen) atoms. The Bertz CT molecular complexity index is 1160. The number of carboxylic acids is 1. The lowest BCUT2D eigenvalue weighted by Gasteiger charge is -2.13. The molecule has 0 spiro atoms. The summed E-state index contributed by atoms with van der Waals surface area (Å²) in [6.07, 6.45) is 2.68. The van der Waals surface area contributed by atoms with Crippen LogP contribution in [-0.4, -0.2) is 27.7 Å². The van der Waals surface area contributed by atoms with Crippen molar-refractivity contribution in [2.24, 2.45) is 0 Å². The standard InChI is InChI=1S/C24H25N3O4/c1-15-8-17(11-19(9-15)31-2)13-25-22-23(28)27-20(24(29)30)12-18(21(27)14-26-22)10-16-6-4-3-5-7-16/h3-9,11,14,18,20H,10,12-13H2,1-2H3,(H,25,26)(H,29,30)/t18-,20-/m0/s1. The Morgan fingerprint density at radius 2 is 2.00 bits per heavy atom. The molecule has 1 aliphatic heterocycles. The van der Waals surface area contributed by atoms with Crippen molar-refractivity contribution in [2.45, 2.75) is 38.3 Å². The van der Waals surface area contributed by atoms with Crippen molar-refractivity contribution in [3.8, 4) is 5.75 Å². The van der Waals surface area contributed by atoms with E-state index in [0.717, 1.165) is 22.4 Å². The Kier molecular flexibility index (Phi) is 5.75. The maximum Gasteiger partial charge on any atom is 0.326 e. The summed E-state index contributed by atoms with van der Waals surface area (Å²) in [7, 11) is 1.61. The summed E-state index contributed by atoms with van der Waals surface area (Å²) in [6, 6.07) is 14.8. The molecule has 0 bridgehead atoms. The first-order valence-corrected chi connectivity index (χ1v) is 10.2. The van der Waals surface area contributed by atoms with Crippen LogP contribution in [0.3, 0.4) is 0 Å². The average molecular weight is 419 g/mol. The van der Waals surface area contributed by atoms with Crippen LogP contribution in [0.1, 0.15) is 40.8 Å². The number of benzene rings is 2. The van der Waals surface area contributed by atoms with Crippen LogP contribution >= 0.6 is 0 Å². The quantitative estimate of drug-likeness (QED) is 0.609. The van der Waals surface area contributed by atoms with Gasteiger partial charge in [-0.2, -0.15) is 0 Å². The Hall–Kier alpha value is -3.61. The second kappa shape index (κ2) is 8.63. The lowest BCUT2D eigenvalue weighted by Crippen LogP contribution is -2.30. The van der Waals surface area contributed by atoms with Crippen molar-refractivity contribution in [3.63, 3.8) is 0 Å². The highest BCUT2D eigenvalue weighted by Crippen LogP contribution is 2.37.